The Labute approximate surface area is 105 Å². The van der Waals surface area contributed by atoms with Crippen molar-refractivity contribution in [3.63, 3.8) is 0 Å². The van der Waals surface area contributed by atoms with Crippen LogP contribution in [0.1, 0.15) is 24.8 Å². The fourth-order valence-corrected chi connectivity index (χ4v) is 4.09. The van der Waals surface area contributed by atoms with Crippen LogP contribution in [0.2, 0.25) is 0 Å². The van der Waals surface area contributed by atoms with Crippen LogP contribution in [0, 0.1) is 0 Å². The number of hydrazine groups is 1. The van der Waals surface area contributed by atoms with Crippen LogP contribution in [0.5, 0.6) is 0 Å². The third-order valence-electron chi connectivity index (χ3n) is 2.68. The van der Waals surface area contributed by atoms with E-state index in [2.05, 4.69) is 4.83 Å². The number of nitrogens with one attached hydrogen (secondary N) is 1. The Balaban J connectivity index is 2.07. The SMILES string of the molecule is O=S(=O)(NN1CCCCC1)c1cc(CO)cs1. The minimum Gasteiger partial charge on any atom is -0.392 e. The molecule has 1 aromatic heterocycles. The number of rotatable bonds is 4. The van der Waals surface area contributed by atoms with E-state index in [9.17, 15) is 8.42 Å². The summed E-state index contributed by atoms with van der Waals surface area (Å²) in [5.74, 6) is 0. The van der Waals surface area contributed by atoms with Crippen molar-refractivity contribution in [3.8, 4) is 0 Å². The molecule has 5 nitrogen and oxygen atoms in total. The Morgan fingerprint density at radius 1 is 1.35 bits per heavy atom. The van der Waals surface area contributed by atoms with Crippen LogP contribution in [-0.4, -0.2) is 31.6 Å². The maximum atomic E-state index is 12.0. The van der Waals surface area contributed by atoms with Crippen molar-refractivity contribution < 1.29 is 13.5 Å². The van der Waals surface area contributed by atoms with E-state index in [1.165, 1.54) is 6.07 Å². The van der Waals surface area contributed by atoms with Gasteiger partial charge in [0.25, 0.3) is 10.0 Å². The van der Waals surface area contributed by atoms with Gasteiger partial charge in [-0.25, -0.2) is 13.4 Å². The molecule has 1 aliphatic heterocycles. The van der Waals surface area contributed by atoms with E-state index in [0.717, 1.165) is 43.7 Å². The molecule has 0 bridgehead atoms. The summed E-state index contributed by atoms with van der Waals surface area (Å²) in [7, 11) is -3.47. The Bertz CT molecular complexity index is 464. The third-order valence-corrected chi connectivity index (χ3v) is 5.55. The van der Waals surface area contributed by atoms with Crippen molar-refractivity contribution in [3.05, 3.63) is 17.0 Å². The van der Waals surface area contributed by atoms with E-state index >= 15 is 0 Å². The molecule has 7 heteroatoms. The largest absolute Gasteiger partial charge is 0.392 e. The average molecular weight is 276 g/mol. The van der Waals surface area contributed by atoms with Crippen LogP contribution in [0.15, 0.2) is 15.7 Å². The fraction of sp³-hybridized carbons (Fsp3) is 0.600. The van der Waals surface area contributed by atoms with Crippen LogP contribution in [0.4, 0.5) is 0 Å². The van der Waals surface area contributed by atoms with E-state index in [-0.39, 0.29) is 10.8 Å². The highest BCUT2D eigenvalue weighted by Gasteiger charge is 2.21. The monoisotopic (exact) mass is 276 g/mol. The highest BCUT2D eigenvalue weighted by Crippen LogP contribution is 2.20. The number of nitrogens with zero attached hydrogens (tertiary/aromatic N) is 1. The van der Waals surface area contributed by atoms with Gasteiger partial charge in [0, 0.05) is 13.1 Å². The second kappa shape index (κ2) is 5.45. The zero-order valence-electron chi connectivity index (χ0n) is 9.42. The predicted octanol–water partition coefficient (Wildman–Crippen LogP) is 0.920. The van der Waals surface area contributed by atoms with Gasteiger partial charge in [0.2, 0.25) is 0 Å². The van der Waals surface area contributed by atoms with Gasteiger partial charge in [0.05, 0.1) is 6.61 Å². The smallest absolute Gasteiger partial charge is 0.262 e. The van der Waals surface area contributed by atoms with Gasteiger partial charge in [0.1, 0.15) is 4.21 Å². The first-order chi connectivity index (χ1) is 8.12. The lowest BCUT2D eigenvalue weighted by Gasteiger charge is -2.26. The number of hydrogen-bond donors (Lipinski definition) is 2. The third kappa shape index (κ3) is 3.26. The lowest BCUT2D eigenvalue weighted by atomic mass is 10.2. The first-order valence-electron chi connectivity index (χ1n) is 5.57. The van der Waals surface area contributed by atoms with Crippen LogP contribution in [0.25, 0.3) is 0 Å². The quantitative estimate of drug-likeness (QED) is 0.858. The van der Waals surface area contributed by atoms with Gasteiger partial charge in [-0.15, -0.1) is 16.2 Å². The number of hydrogen-bond acceptors (Lipinski definition) is 5. The molecule has 1 aromatic rings. The summed E-state index contributed by atoms with van der Waals surface area (Å²) in [5, 5.41) is 12.3. The molecule has 17 heavy (non-hydrogen) atoms. The Kier molecular flexibility index (Phi) is 4.16. The van der Waals surface area contributed by atoms with Crippen molar-refractivity contribution in [2.24, 2.45) is 0 Å². The van der Waals surface area contributed by atoms with Crippen LogP contribution >= 0.6 is 11.3 Å². The van der Waals surface area contributed by atoms with Crippen molar-refractivity contribution in [2.45, 2.75) is 30.1 Å². The summed E-state index contributed by atoms with van der Waals surface area (Å²) < 4.78 is 24.3. The minimum absolute atomic E-state index is 0.129. The summed E-state index contributed by atoms with van der Waals surface area (Å²) in [4.78, 5) is 2.58. The number of thiophene rings is 1. The molecule has 2 rings (SSSR count). The normalized spacial score (nSPS) is 18.4. The second-order valence-electron chi connectivity index (χ2n) is 4.07. The van der Waals surface area contributed by atoms with Gasteiger partial charge in [-0.3, -0.25) is 0 Å². The van der Waals surface area contributed by atoms with Crippen molar-refractivity contribution >= 4 is 21.4 Å². The number of piperidine rings is 1. The fourth-order valence-electron chi connectivity index (χ4n) is 1.78. The molecule has 96 valence electrons. The van der Waals surface area contributed by atoms with Gasteiger partial charge in [-0.05, 0) is 29.9 Å². The van der Waals surface area contributed by atoms with Crippen LogP contribution in [-0.2, 0) is 16.6 Å². The zero-order valence-corrected chi connectivity index (χ0v) is 11.1. The van der Waals surface area contributed by atoms with Crippen molar-refractivity contribution in [1.29, 1.82) is 0 Å². The summed E-state index contributed by atoms with van der Waals surface area (Å²) >= 11 is 1.13. The van der Waals surface area contributed by atoms with Gasteiger partial charge >= 0.3 is 0 Å². The molecular weight excluding hydrogens is 260 g/mol. The molecule has 2 heterocycles. The Morgan fingerprint density at radius 3 is 2.65 bits per heavy atom. The van der Waals surface area contributed by atoms with E-state index in [0.29, 0.717) is 5.56 Å². The average Bonchev–Trinajstić information content (AvgIpc) is 2.79. The zero-order chi connectivity index (χ0) is 12.3. The lowest BCUT2D eigenvalue weighted by molar-refractivity contribution is 0.200. The molecule has 0 atom stereocenters. The van der Waals surface area contributed by atoms with E-state index in [1.807, 2.05) is 0 Å². The summed E-state index contributed by atoms with van der Waals surface area (Å²) in [6.07, 6.45) is 3.20. The maximum Gasteiger partial charge on any atom is 0.262 e. The molecular formula is C10H16N2O3S2. The van der Waals surface area contributed by atoms with Gasteiger partial charge in [0.15, 0.2) is 0 Å². The molecule has 1 fully saturated rings. The molecule has 0 spiro atoms. The Morgan fingerprint density at radius 2 is 2.06 bits per heavy atom. The molecule has 0 unspecified atom stereocenters. The molecule has 1 saturated heterocycles. The van der Waals surface area contributed by atoms with E-state index in [4.69, 9.17) is 5.11 Å². The van der Waals surface area contributed by atoms with E-state index in [1.54, 1.807) is 10.4 Å². The first kappa shape index (κ1) is 13.0. The Hall–Kier alpha value is -0.470. The lowest BCUT2D eigenvalue weighted by Crippen LogP contribution is -2.44. The highest BCUT2D eigenvalue weighted by atomic mass is 32.2. The molecule has 0 saturated carbocycles. The van der Waals surface area contributed by atoms with Crippen LogP contribution in [0.3, 0.4) is 0 Å². The van der Waals surface area contributed by atoms with Crippen molar-refractivity contribution in [2.75, 3.05) is 13.1 Å². The predicted molar refractivity (Wildman–Crippen MR) is 66.0 cm³/mol. The van der Waals surface area contributed by atoms with Gasteiger partial charge < -0.3 is 5.11 Å². The number of aliphatic hydroxyl groups excluding tert-OH is 1. The standard InChI is InChI=1S/C10H16N2O3S2/c13-7-9-6-10(16-8-9)17(14,15)11-12-4-2-1-3-5-12/h6,8,11,13H,1-5,7H2. The topological polar surface area (TPSA) is 69.6 Å². The highest BCUT2D eigenvalue weighted by molar-refractivity contribution is 7.91. The molecule has 2 N–H and O–H groups in total. The van der Waals surface area contributed by atoms with Gasteiger partial charge in [-0.2, -0.15) is 0 Å². The molecule has 1 aliphatic rings. The maximum absolute atomic E-state index is 12.0. The summed E-state index contributed by atoms with van der Waals surface area (Å²) in [6.45, 7) is 1.39. The molecule has 0 aliphatic carbocycles. The molecule has 0 aromatic carbocycles. The first-order valence-corrected chi connectivity index (χ1v) is 7.94. The van der Waals surface area contributed by atoms with Gasteiger partial charge in [-0.1, -0.05) is 6.42 Å². The molecule has 0 amide bonds. The molecule has 0 radical (unpaired) electrons. The van der Waals surface area contributed by atoms with Crippen LogP contribution < -0.4 is 4.83 Å². The minimum atomic E-state index is -3.47. The number of aliphatic hydroxyl groups is 1. The van der Waals surface area contributed by atoms with Crippen molar-refractivity contribution in [1.82, 2.24) is 9.84 Å². The number of sulfonamides is 1. The summed E-state index contributed by atoms with van der Waals surface area (Å²) in [6, 6.07) is 1.51. The second-order valence-corrected chi connectivity index (χ2v) is 6.87. The summed E-state index contributed by atoms with van der Waals surface area (Å²) in [5.41, 5.74) is 0.633. The van der Waals surface area contributed by atoms with E-state index < -0.39 is 10.0 Å².